The Morgan fingerprint density at radius 1 is 0.971 bits per heavy atom. The van der Waals surface area contributed by atoms with Crippen molar-refractivity contribution in [1.29, 1.82) is 0 Å². The average Bonchev–Trinajstić information content (AvgIpc) is 2.87. The number of hydrogen-bond donors (Lipinski definition) is 2. The first-order chi connectivity index (χ1) is 16.5. The van der Waals surface area contributed by atoms with Gasteiger partial charge in [0.05, 0.1) is 23.2 Å². The molecule has 2 amide bonds. The van der Waals surface area contributed by atoms with E-state index in [0.29, 0.717) is 17.7 Å². The summed E-state index contributed by atoms with van der Waals surface area (Å²) in [5.41, 5.74) is 2.57. The van der Waals surface area contributed by atoms with Crippen molar-refractivity contribution in [3.63, 3.8) is 0 Å². The maximum Gasteiger partial charge on any atom is 0.313 e. The van der Waals surface area contributed by atoms with Crippen LogP contribution in [0.15, 0.2) is 78.9 Å². The van der Waals surface area contributed by atoms with Crippen molar-refractivity contribution < 1.29 is 23.9 Å². The molecule has 1 heterocycles. The highest BCUT2D eigenvalue weighted by Crippen LogP contribution is 2.27. The van der Waals surface area contributed by atoms with E-state index in [0.717, 1.165) is 16.9 Å². The zero-order valence-electron chi connectivity index (χ0n) is 18.8. The summed E-state index contributed by atoms with van der Waals surface area (Å²) in [6, 6.07) is 23.6. The Kier molecular flexibility index (Phi) is 7.22. The summed E-state index contributed by atoms with van der Waals surface area (Å²) in [6.07, 6.45) is 0.499. The number of amides is 2. The van der Waals surface area contributed by atoms with Gasteiger partial charge in [-0.2, -0.15) is 0 Å². The van der Waals surface area contributed by atoms with Crippen molar-refractivity contribution in [2.45, 2.75) is 19.4 Å². The molecule has 0 bridgehead atoms. The molecule has 1 aliphatic heterocycles. The van der Waals surface area contributed by atoms with E-state index in [1.54, 1.807) is 24.3 Å². The van der Waals surface area contributed by atoms with Gasteiger partial charge < -0.3 is 20.1 Å². The SMILES string of the molecule is CC(NC(=O)c1ccccc1NC(=O)COC(=O)C1COc2ccccc2C1)c1ccccc1. The second-order valence-electron chi connectivity index (χ2n) is 8.13. The Morgan fingerprint density at radius 2 is 1.68 bits per heavy atom. The first-order valence-electron chi connectivity index (χ1n) is 11.1. The van der Waals surface area contributed by atoms with Gasteiger partial charge in [0.2, 0.25) is 0 Å². The summed E-state index contributed by atoms with van der Waals surface area (Å²) in [6.45, 7) is 1.65. The van der Waals surface area contributed by atoms with E-state index in [4.69, 9.17) is 9.47 Å². The Balaban J connectivity index is 1.32. The van der Waals surface area contributed by atoms with Gasteiger partial charge in [-0.1, -0.05) is 60.7 Å². The number of nitrogens with one attached hydrogen (secondary N) is 2. The molecule has 2 atom stereocenters. The summed E-state index contributed by atoms with van der Waals surface area (Å²) in [5.74, 6) is -1.04. The molecular formula is C27H26N2O5. The van der Waals surface area contributed by atoms with Crippen molar-refractivity contribution in [3.05, 3.63) is 95.6 Å². The maximum absolute atomic E-state index is 12.8. The highest BCUT2D eigenvalue weighted by molar-refractivity contribution is 6.04. The second-order valence-corrected chi connectivity index (χ2v) is 8.13. The third kappa shape index (κ3) is 5.61. The summed E-state index contributed by atoms with van der Waals surface area (Å²) in [5, 5.41) is 5.61. The molecule has 0 saturated heterocycles. The van der Waals surface area contributed by atoms with Crippen LogP contribution in [0.1, 0.15) is 34.5 Å². The Bertz CT molecular complexity index is 1180. The van der Waals surface area contributed by atoms with Crippen LogP contribution in [-0.2, 0) is 20.7 Å². The van der Waals surface area contributed by atoms with Gasteiger partial charge in [-0.3, -0.25) is 14.4 Å². The van der Waals surface area contributed by atoms with Gasteiger partial charge >= 0.3 is 5.97 Å². The monoisotopic (exact) mass is 458 g/mol. The minimum absolute atomic E-state index is 0.207. The lowest BCUT2D eigenvalue weighted by atomic mass is 9.97. The number of rotatable bonds is 7. The number of anilines is 1. The predicted octanol–water partition coefficient (Wildman–Crippen LogP) is 3.91. The first-order valence-corrected chi connectivity index (χ1v) is 11.1. The largest absolute Gasteiger partial charge is 0.492 e. The molecule has 0 spiro atoms. The van der Waals surface area contributed by atoms with Crippen molar-refractivity contribution in [2.75, 3.05) is 18.5 Å². The number of carbonyl (C=O) groups excluding carboxylic acids is 3. The third-order valence-corrected chi connectivity index (χ3v) is 5.65. The fourth-order valence-electron chi connectivity index (χ4n) is 3.81. The van der Waals surface area contributed by atoms with Crippen LogP contribution < -0.4 is 15.4 Å². The number of benzene rings is 3. The number of esters is 1. The lowest BCUT2D eigenvalue weighted by Gasteiger charge is -2.23. The minimum Gasteiger partial charge on any atom is -0.492 e. The lowest BCUT2D eigenvalue weighted by molar-refractivity contribution is -0.152. The van der Waals surface area contributed by atoms with Gasteiger partial charge in [0.1, 0.15) is 12.4 Å². The highest BCUT2D eigenvalue weighted by Gasteiger charge is 2.27. The number of fused-ring (bicyclic) bond motifs is 1. The normalized spacial score (nSPS) is 15.3. The van der Waals surface area contributed by atoms with Gasteiger partial charge in [0.15, 0.2) is 6.61 Å². The Hall–Kier alpha value is -4.13. The van der Waals surface area contributed by atoms with Crippen molar-refractivity contribution >= 4 is 23.5 Å². The van der Waals surface area contributed by atoms with Crippen LogP contribution in [-0.4, -0.2) is 31.0 Å². The summed E-state index contributed by atoms with van der Waals surface area (Å²) in [4.78, 5) is 37.8. The van der Waals surface area contributed by atoms with Gasteiger partial charge in [0.25, 0.3) is 11.8 Å². The van der Waals surface area contributed by atoms with Gasteiger partial charge in [-0.15, -0.1) is 0 Å². The number of carbonyl (C=O) groups is 3. The van der Waals surface area contributed by atoms with E-state index >= 15 is 0 Å². The first kappa shape index (κ1) is 23.0. The molecule has 0 aromatic heterocycles. The van der Waals surface area contributed by atoms with Gasteiger partial charge in [-0.05, 0) is 42.7 Å². The van der Waals surface area contributed by atoms with Crippen LogP contribution in [0.3, 0.4) is 0 Å². The van der Waals surface area contributed by atoms with Crippen LogP contribution in [0.5, 0.6) is 5.75 Å². The molecule has 0 fully saturated rings. The number of para-hydroxylation sites is 2. The Labute approximate surface area is 198 Å². The molecule has 7 heteroatoms. The molecule has 3 aromatic rings. The van der Waals surface area contributed by atoms with E-state index in [-0.39, 0.29) is 18.6 Å². The molecule has 0 radical (unpaired) electrons. The lowest BCUT2D eigenvalue weighted by Crippen LogP contribution is -2.32. The second kappa shape index (κ2) is 10.7. The van der Waals surface area contributed by atoms with E-state index in [2.05, 4.69) is 10.6 Å². The summed E-state index contributed by atoms with van der Waals surface area (Å²) < 4.78 is 10.8. The molecule has 34 heavy (non-hydrogen) atoms. The number of ether oxygens (including phenoxy) is 2. The molecule has 1 aliphatic rings. The fourth-order valence-corrected chi connectivity index (χ4v) is 3.81. The van der Waals surface area contributed by atoms with E-state index in [1.807, 2.05) is 61.5 Å². The van der Waals surface area contributed by atoms with Crippen LogP contribution >= 0.6 is 0 Å². The van der Waals surface area contributed by atoms with Crippen LogP contribution in [0.25, 0.3) is 0 Å². The molecule has 2 unspecified atom stereocenters. The minimum atomic E-state index is -0.526. The van der Waals surface area contributed by atoms with E-state index in [9.17, 15) is 14.4 Å². The molecule has 2 N–H and O–H groups in total. The topological polar surface area (TPSA) is 93.7 Å². The van der Waals surface area contributed by atoms with Crippen LogP contribution in [0.2, 0.25) is 0 Å². The average molecular weight is 459 g/mol. The molecule has 0 saturated carbocycles. The summed E-state index contributed by atoms with van der Waals surface area (Å²) >= 11 is 0. The zero-order valence-corrected chi connectivity index (χ0v) is 18.8. The standard InChI is InChI=1S/C27H26N2O5/c1-18(19-9-3-2-4-10-19)28-26(31)22-12-6-7-13-23(22)29-25(30)17-34-27(32)21-15-20-11-5-8-14-24(20)33-16-21/h2-14,18,21H,15-17H2,1H3,(H,28,31)(H,29,30). The molecule has 174 valence electrons. The fraction of sp³-hybridized carbons (Fsp3) is 0.222. The van der Waals surface area contributed by atoms with Gasteiger partial charge in [0, 0.05) is 0 Å². The van der Waals surface area contributed by atoms with Crippen molar-refractivity contribution in [3.8, 4) is 5.75 Å². The maximum atomic E-state index is 12.8. The third-order valence-electron chi connectivity index (χ3n) is 5.65. The van der Waals surface area contributed by atoms with Gasteiger partial charge in [-0.25, -0.2) is 0 Å². The zero-order chi connectivity index (χ0) is 23.9. The number of hydrogen-bond acceptors (Lipinski definition) is 5. The van der Waals surface area contributed by atoms with Crippen molar-refractivity contribution in [1.82, 2.24) is 5.32 Å². The Morgan fingerprint density at radius 3 is 2.50 bits per heavy atom. The molecule has 3 aromatic carbocycles. The molecule has 7 nitrogen and oxygen atoms in total. The van der Waals surface area contributed by atoms with Crippen LogP contribution in [0, 0.1) is 5.92 Å². The molecule has 4 rings (SSSR count). The molecular weight excluding hydrogens is 432 g/mol. The molecule has 0 aliphatic carbocycles. The smallest absolute Gasteiger partial charge is 0.313 e. The van der Waals surface area contributed by atoms with Crippen molar-refractivity contribution in [2.24, 2.45) is 5.92 Å². The summed E-state index contributed by atoms with van der Waals surface area (Å²) in [7, 11) is 0. The van der Waals surface area contributed by atoms with E-state index in [1.165, 1.54) is 0 Å². The predicted molar refractivity (Wildman–Crippen MR) is 127 cm³/mol. The highest BCUT2D eigenvalue weighted by atomic mass is 16.5. The van der Waals surface area contributed by atoms with Crippen LogP contribution in [0.4, 0.5) is 5.69 Å². The van der Waals surface area contributed by atoms with E-state index < -0.39 is 24.4 Å². The quantitative estimate of drug-likeness (QED) is 0.524.